The summed E-state index contributed by atoms with van der Waals surface area (Å²) in [4.78, 5) is 5.68. The molecule has 0 fully saturated rings. The topological polar surface area (TPSA) is 66.1 Å². The van der Waals surface area contributed by atoms with Gasteiger partial charge in [0.05, 0.1) is 28.2 Å². The number of hydrogen-bond acceptors (Lipinski definition) is 5. The monoisotopic (exact) mass is 376 g/mol. The van der Waals surface area contributed by atoms with Crippen molar-refractivity contribution in [3.05, 3.63) is 59.3 Å². The predicted molar refractivity (Wildman–Crippen MR) is 107 cm³/mol. The lowest BCUT2D eigenvalue weighted by Crippen LogP contribution is -2.07. The van der Waals surface area contributed by atoms with E-state index < -0.39 is 0 Å². The van der Waals surface area contributed by atoms with E-state index in [1.54, 1.807) is 17.4 Å². The van der Waals surface area contributed by atoms with Crippen LogP contribution in [0.1, 0.15) is 43.1 Å². The highest BCUT2D eigenvalue weighted by atomic mass is 32.1. The zero-order valence-corrected chi connectivity index (χ0v) is 16.1. The third kappa shape index (κ3) is 3.23. The Morgan fingerprint density at radius 3 is 2.78 bits per heavy atom. The van der Waals surface area contributed by atoms with Gasteiger partial charge in [-0.3, -0.25) is 0 Å². The number of rotatable bonds is 4. The smallest absolute Gasteiger partial charge is 0.147 e. The molecule has 0 saturated carbocycles. The number of aliphatic hydroxyl groups excluding tert-OH is 1. The first-order valence-electron chi connectivity index (χ1n) is 9.04. The van der Waals surface area contributed by atoms with Crippen molar-refractivity contribution in [1.29, 1.82) is 5.26 Å². The number of para-hydroxylation sites is 1. The van der Waals surface area contributed by atoms with E-state index in [-0.39, 0.29) is 12.2 Å². The molecule has 136 valence electrons. The van der Waals surface area contributed by atoms with Crippen LogP contribution in [0.15, 0.2) is 42.6 Å². The van der Waals surface area contributed by atoms with Crippen molar-refractivity contribution in [1.82, 2.24) is 4.98 Å². The molecule has 0 aliphatic heterocycles. The number of aliphatic hydroxyl groups is 1. The van der Waals surface area contributed by atoms with Crippen LogP contribution in [-0.2, 0) is 6.42 Å². The third-order valence-corrected chi connectivity index (χ3v) is 5.79. The van der Waals surface area contributed by atoms with Crippen LogP contribution in [0.25, 0.3) is 21.0 Å². The Bertz CT molecular complexity index is 1030. The number of fused-ring (bicyclic) bond motifs is 1. The molecule has 0 amide bonds. The summed E-state index contributed by atoms with van der Waals surface area (Å²) >= 11 is 1.58. The van der Waals surface area contributed by atoms with Crippen molar-refractivity contribution in [2.75, 3.05) is 0 Å². The standard InChI is InChI=1S/C22H20N2O2S/c1-13(2)26-21-14(11-23)5-3-8-18(21)22-24-12-20(27-22)17-7-4-6-16-15(17)9-10-19(16)25/h3-8,12-13,19,25H,9-10H2,1-2H3. The van der Waals surface area contributed by atoms with E-state index in [4.69, 9.17) is 4.74 Å². The highest BCUT2D eigenvalue weighted by Gasteiger charge is 2.24. The second-order valence-electron chi connectivity index (χ2n) is 6.92. The molecule has 1 N–H and O–H groups in total. The second-order valence-corrected chi connectivity index (χ2v) is 7.95. The fourth-order valence-corrected chi connectivity index (χ4v) is 4.53. The summed E-state index contributed by atoms with van der Waals surface area (Å²) in [6, 6.07) is 13.9. The van der Waals surface area contributed by atoms with Gasteiger partial charge in [-0.1, -0.05) is 24.3 Å². The fraction of sp³-hybridized carbons (Fsp3) is 0.273. The summed E-state index contributed by atoms with van der Waals surface area (Å²) in [5, 5.41) is 20.4. The second kappa shape index (κ2) is 7.15. The Labute approximate surface area is 162 Å². The molecule has 2 aromatic carbocycles. The summed E-state index contributed by atoms with van der Waals surface area (Å²) in [5.74, 6) is 0.588. The van der Waals surface area contributed by atoms with Gasteiger partial charge < -0.3 is 9.84 Å². The molecule has 1 heterocycles. The number of thiazole rings is 1. The largest absolute Gasteiger partial charge is 0.489 e. The van der Waals surface area contributed by atoms with Crippen molar-refractivity contribution in [2.45, 2.75) is 38.9 Å². The molecule has 4 rings (SSSR count). The van der Waals surface area contributed by atoms with Gasteiger partial charge >= 0.3 is 0 Å². The maximum atomic E-state index is 10.2. The van der Waals surface area contributed by atoms with E-state index in [0.717, 1.165) is 39.4 Å². The predicted octanol–water partition coefficient (Wildman–Crippen LogP) is 5.12. The summed E-state index contributed by atoms with van der Waals surface area (Å²) in [5.41, 5.74) is 4.73. The Morgan fingerprint density at radius 1 is 1.22 bits per heavy atom. The Kier molecular flexibility index (Phi) is 4.69. The zero-order chi connectivity index (χ0) is 19.0. The number of aromatic nitrogens is 1. The van der Waals surface area contributed by atoms with Gasteiger partial charge in [-0.2, -0.15) is 5.26 Å². The molecule has 0 saturated heterocycles. The minimum Gasteiger partial charge on any atom is -0.489 e. The molecule has 27 heavy (non-hydrogen) atoms. The van der Waals surface area contributed by atoms with Crippen molar-refractivity contribution in [3.8, 4) is 32.8 Å². The SMILES string of the molecule is CC(C)Oc1c(C#N)cccc1-c1ncc(-c2cccc3c2CCC3O)s1. The quantitative estimate of drug-likeness (QED) is 0.687. The minimum atomic E-state index is -0.370. The van der Waals surface area contributed by atoms with E-state index in [9.17, 15) is 10.4 Å². The average Bonchev–Trinajstić information content (AvgIpc) is 3.29. The lowest BCUT2D eigenvalue weighted by atomic mass is 10.0. The molecule has 1 aromatic heterocycles. The van der Waals surface area contributed by atoms with Crippen LogP contribution < -0.4 is 4.74 Å². The van der Waals surface area contributed by atoms with Gasteiger partial charge in [0.2, 0.25) is 0 Å². The molecule has 3 aromatic rings. The molecule has 1 aliphatic rings. The highest BCUT2D eigenvalue weighted by molar-refractivity contribution is 7.18. The van der Waals surface area contributed by atoms with Crippen molar-refractivity contribution < 1.29 is 9.84 Å². The first-order valence-corrected chi connectivity index (χ1v) is 9.86. The number of benzene rings is 2. The normalized spacial score (nSPS) is 15.6. The van der Waals surface area contributed by atoms with Crippen LogP contribution in [0.5, 0.6) is 5.75 Å². The Morgan fingerprint density at radius 2 is 2.00 bits per heavy atom. The van der Waals surface area contributed by atoms with E-state index in [0.29, 0.717) is 11.3 Å². The van der Waals surface area contributed by atoms with Gasteiger partial charge in [-0.25, -0.2) is 4.98 Å². The van der Waals surface area contributed by atoms with Crippen LogP contribution in [-0.4, -0.2) is 16.2 Å². The fourth-order valence-electron chi connectivity index (χ4n) is 3.54. The Hall–Kier alpha value is -2.68. The van der Waals surface area contributed by atoms with Gasteiger partial charge in [-0.15, -0.1) is 11.3 Å². The van der Waals surface area contributed by atoms with E-state index >= 15 is 0 Å². The zero-order valence-electron chi connectivity index (χ0n) is 15.3. The van der Waals surface area contributed by atoms with Crippen LogP contribution in [0.2, 0.25) is 0 Å². The number of ether oxygens (including phenoxy) is 1. The first kappa shape index (κ1) is 17.7. The molecular weight excluding hydrogens is 356 g/mol. The summed E-state index contributed by atoms with van der Waals surface area (Å²) < 4.78 is 5.94. The van der Waals surface area contributed by atoms with Crippen LogP contribution in [0.3, 0.4) is 0 Å². The minimum absolute atomic E-state index is 0.0310. The maximum Gasteiger partial charge on any atom is 0.147 e. The van der Waals surface area contributed by atoms with E-state index in [1.165, 1.54) is 5.56 Å². The highest BCUT2D eigenvalue weighted by Crippen LogP contribution is 2.42. The maximum absolute atomic E-state index is 10.2. The molecule has 1 aliphatic carbocycles. The van der Waals surface area contributed by atoms with E-state index in [2.05, 4.69) is 17.1 Å². The van der Waals surface area contributed by atoms with Crippen molar-refractivity contribution in [2.24, 2.45) is 0 Å². The van der Waals surface area contributed by atoms with Gasteiger partial charge in [0, 0.05) is 6.20 Å². The molecule has 0 spiro atoms. The molecular formula is C22H20N2O2S. The van der Waals surface area contributed by atoms with E-state index in [1.807, 2.05) is 44.3 Å². The van der Waals surface area contributed by atoms with Gasteiger partial charge in [0.25, 0.3) is 0 Å². The molecule has 0 bridgehead atoms. The third-order valence-electron chi connectivity index (χ3n) is 4.73. The van der Waals surface area contributed by atoms with Crippen molar-refractivity contribution in [3.63, 3.8) is 0 Å². The molecule has 5 heteroatoms. The number of hydrogen-bond donors (Lipinski definition) is 1. The van der Waals surface area contributed by atoms with Crippen LogP contribution in [0, 0.1) is 11.3 Å². The van der Waals surface area contributed by atoms with Gasteiger partial charge in [0.1, 0.15) is 16.8 Å². The van der Waals surface area contributed by atoms with Gasteiger partial charge in [-0.05, 0) is 55.5 Å². The summed E-state index contributed by atoms with van der Waals surface area (Å²) in [7, 11) is 0. The lowest BCUT2D eigenvalue weighted by molar-refractivity contribution is 0.180. The summed E-state index contributed by atoms with van der Waals surface area (Å²) in [6.07, 6.45) is 3.13. The first-order chi connectivity index (χ1) is 13.1. The summed E-state index contributed by atoms with van der Waals surface area (Å²) in [6.45, 7) is 3.90. The van der Waals surface area contributed by atoms with Crippen LogP contribution in [0.4, 0.5) is 0 Å². The molecule has 1 atom stereocenters. The number of nitriles is 1. The lowest BCUT2D eigenvalue weighted by Gasteiger charge is -2.14. The molecule has 1 unspecified atom stereocenters. The Balaban J connectivity index is 1.78. The molecule has 4 nitrogen and oxygen atoms in total. The van der Waals surface area contributed by atoms with Crippen LogP contribution >= 0.6 is 11.3 Å². The van der Waals surface area contributed by atoms with Crippen molar-refractivity contribution >= 4 is 11.3 Å². The molecule has 0 radical (unpaired) electrons. The van der Waals surface area contributed by atoms with Gasteiger partial charge in [0.15, 0.2) is 0 Å². The average molecular weight is 376 g/mol. The number of nitrogens with zero attached hydrogens (tertiary/aromatic N) is 2.